The van der Waals surface area contributed by atoms with Crippen LogP contribution in [0.5, 0.6) is 11.5 Å². The molecule has 1 aromatic rings. The molecule has 1 N–H and O–H groups in total. The molecule has 7 nitrogen and oxygen atoms in total. The van der Waals surface area contributed by atoms with Gasteiger partial charge in [0.05, 0.1) is 6.42 Å². The Morgan fingerprint density at radius 1 is 0.968 bits per heavy atom. The van der Waals surface area contributed by atoms with E-state index < -0.39 is 5.97 Å². The minimum absolute atomic E-state index is 0.0620. The number of carbonyl (C=O) groups is 3. The molecule has 5 aliphatic rings. The highest BCUT2D eigenvalue weighted by Gasteiger charge is 2.54. The normalized spacial score (nSPS) is 30.0. The van der Waals surface area contributed by atoms with Crippen molar-refractivity contribution in [3.63, 3.8) is 0 Å². The third kappa shape index (κ3) is 4.14. The van der Waals surface area contributed by atoms with Crippen molar-refractivity contribution in [2.24, 2.45) is 23.2 Å². The van der Waals surface area contributed by atoms with Crippen LogP contribution in [0.15, 0.2) is 18.2 Å². The minimum atomic E-state index is -0.489. The number of amides is 1. The Hall–Kier alpha value is -2.57. The van der Waals surface area contributed by atoms with E-state index in [4.69, 9.17) is 14.2 Å². The molecule has 166 valence electrons. The molecule has 31 heavy (non-hydrogen) atoms. The lowest BCUT2D eigenvalue weighted by atomic mass is 9.49. The Morgan fingerprint density at radius 3 is 2.29 bits per heavy atom. The van der Waals surface area contributed by atoms with Crippen molar-refractivity contribution in [1.82, 2.24) is 5.32 Å². The zero-order valence-corrected chi connectivity index (χ0v) is 17.7. The van der Waals surface area contributed by atoms with Crippen LogP contribution in [0.2, 0.25) is 0 Å². The standard InChI is InChI=1S/C24H29NO6/c26-19(18-1-2-20-21(10-18)30-6-5-29-20)14-31-22(27)3-4-25-23(28)24-11-15-7-16(12-24)9-17(8-15)13-24/h1-2,10,15-17H,3-9,11-14H2,(H,25,28). The van der Waals surface area contributed by atoms with Crippen molar-refractivity contribution >= 4 is 17.7 Å². The largest absolute Gasteiger partial charge is 0.486 e. The van der Waals surface area contributed by atoms with E-state index >= 15 is 0 Å². The molecule has 6 rings (SSSR count). The number of Topliss-reactive ketones (excluding diaryl/α,β-unsaturated/α-hetero) is 1. The van der Waals surface area contributed by atoms with E-state index in [1.165, 1.54) is 19.3 Å². The maximum atomic E-state index is 12.9. The number of rotatable bonds is 7. The summed E-state index contributed by atoms with van der Waals surface area (Å²) < 4.78 is 16.0. The third-order valence-electron chi connectivity index (χ3n) is 7.36. The fraction of sp³-hybridized carbons (Fsp3) is 0.625. The van der Waals surface area contributed by atoms with Gasteiger partial charge >= 0.3 is 5.97 Å². The Bertz CT molecular complexity index is 859. The highest BCUT2D eigenvalue weighted by Crippen LogP contribution is 2.60. The third-order valence-corrected chi connectivity index (χ3v) is 7.36. The molecule has 0 spiro atoms. The van der Waals surface area contributed by atoms with Crippen molar-refractivity contribution in [2.75, 3.05) is 26.4 Å². The Kier molecular flexibility index (Phi) is 5.36. The van der Waals surface area contributed by atoms with Crippen molar-refractivity contribution in [3.05, 3.63) is 23.8 Å². The number of ketones is 1. The van der Waals surface area contributed by atoms with Crippen LogP contribution in [0.4, 0.5) is 0 Å². The second-order valence-electron chi connectivity index (χ2n) is 9.65. The summed E-state index contributed by atoms with van der Waals surface area (Å²) in [7, 11) is 0. The van der Waals surface area contributed by atoms with Gasteiger partial charge in [-0.1, -0.05) is 0 Å². The average Bonchev–Trinajstić information content (AvgIpc) is 2.76. The monoisotopic (exact) mass is 427 g/mol. The number of nitrogens with one attached hydrogen (secondary N) is 1. The molecular weight excluding hydrogens is 398 g/mol. The zero-order valence-electron chi connectivity index (χ0n) is 17.7. The summed E-state index contributed by atoms with van der Waals surface area (Å²) in [5.41, 5.74) is 0.194. The molecule has 7 heteroatoms. The highest BCUT2D eigenvalue weighted by molar-refractivity contribution is 5.98. The van der Waals surface area contributed by atoms with Crippen LogP contribution in [0, 0.1) is 23.2 Å². The van der Waals surface area contributed by atoms with E-state index in [0.717, 1.165) is 19.3 Å². The SMILES string of the molecule is O=C(CCNC(=O)C12CC3CC(CC(C3)C1)C2)OCC(=O)c1ccc2c(c1)OCCO2. The van der Waals surface area contributed by atoms with Crippen molar-refractivity contribution in [2.45, 2.75) is 44.9 Å². The molecule has 4 fully saturated rings. The van der Waals surface area contributed by atoms with E-state index in [1.54, 1.807) is 18.2 Å². The molecule has 1 heterocycles. The molecule has 0 atom stereocenters. The van der Waals surface area contributed by atoms with Gasteiger partial charge in [0.15, 0.2) is 23.9 Å². The summed E-state index contributed by atoms with van der Waals surface area (Å²) in [6, 6.07) is 4.93. The zero-order chi connectivity index (χ0) is 21.4. The van der Waals surface area contributed by atoms with Crippen LogP contribution in [-0.4, -0.2) is 44.0 Å². The Morgan fingerprint density at radius 2 is 1.61 bits per heavy atom. The number of hydrogen-bond acceptors (Lipinski definition) is 6. The molecule has 0 radical (unpaired) electrons. The minimum Gasteiger partial charge on any atom is -0.486 e. The average molecular weight is 427 g/mol. The van der Waals surface area contributed by atoms with Crippen molar-refractivity contribution < 1.29 is 28.6 Å². The molecule has 1 amide bonds. The topological polar surface area (TPSA) is 90.9 Å². The van der Waals surface area contributed by atoms with Crippen LogP contribution in [-0.2, 0) is 14.3 Å². The molecule has 0 aromatic heterocycles. The lowest BCUT2D eigenvalue weighted by Crippen LogP contribution is -2.53. The lowest BCUT2D eigenvalue weighted by Gasteiger charge is -2.55. The maximum Gasteiger partial charge on any atom is 0.308 e. The molecule has 1 aromatic carbocycles. The quantitative estimate of drug-likeness (QED) is 0.532. The van der Waals surface area contributed by atoms with Crippen LogP contribution in [0.25, 0.3) is 0 Å². The van der Waals surface area contributed by atoms with E-state index in [9.17, 15) is 14.4 Å². The number of ether oxygens (including phenoxy) is 3. The molecule has 0 unspecified atom stereocenters. The van der Waals surface area contributed by atoms with Gasteiger partial charge in [-0.05, 0) is 74.5 Å². The molecule has 4 aliphatic carbocycles. The van der Waals surface area contributed by atoms with Crippen LogP contribution < -0.4 is 14.8 Å². The Balaban J connectivity index is 1.06. The summed E-state index contributed by atoms with van der Waals surface area (Å²) in [5, 5.41) is 2.97. The first-order valence-electron chi connectivity index (χ1n) is 11.4. The fourth-order valence-corrected chi connectivity index (χ4v) is 6.37. The van der Waals surface area contributed by atoms with E-state index in [2.05, 4.69) is 5.32 Å². The summed E-state index contributed by atoms with van der Waals surface area (Å²) in [5.74, 6) is 2.55. The maximum absolute atomic E-state index is 12.9. The van der Waals surface area contributed by atoms with Gasteiger partial charge in [-0.15, -0.1) is 0 Å². The highest BCUT2D eigenvalue weighted by atomic mass is 16.6. The van der Waals surface area contributed by atoms with Crippen LogP contribution >= 0.6 is 0 Å². The second kappa shape index (κ2) is 8.17. The lowest BCUT2D eigenvalue weighted by molar-refractivity contribution is -0.147. The molecule has 4 saturated carbocycles. The number of hydrogen-bond donors (Lipinski definition) is 1. The van der Waals surface area contributed by atoms with Crippen molar-refractivity contribution in [1.29, 1.82) is 0 Å². The first-order valence-corrected chi connectivity index (χ1v) is 11.4. The fourth-order valence-electron chi connectivity index (χ4n) is 6.37. The van der Waals surface area contributed by atoms with Gasteiger partial charge in [0.1, 0.15) is 13.2 Å². The van der Waals surface area contributed by atoms with Crippen LogP contribution in [0.1, 0.15) is 55.3 Å². The number of esters is 1. The molecule has 0 saturated heterocycles. The van der Waals surface area contributed by atoms with Gasteiger partial charge in [0.25, 0.3) is 0 Å². The second-order valence-corrected chi connectivity index (χ2v) is 9.65. The van der Waals surface area contributed by atoms with Gasteiger partial charge in [-0.3, -0.25) is 14.4 Å². The summed E-state index contributed by atoms with van der Waals surface area (Å²) in [6.45, 7) is 0.838. The first kappa shape index (κ1) is 20.3. The first-order chi connectivity index (χ1) is 15.0. The van der Waals surface area contributed by atoms with Gasteiger partial charge in [0.2, 0.25) is 5.91 Å². The summed E-state index contributed by atoms with van der Waals surface area (Å²) in [6.07, 6.45) is 6.92. The van der Waals surface area contributed by atoms with Gasteiger partial charge in [-0.2, -0.15) is 0 Å². The number of benzene rings is 1. The number of fused-ring (bicyclic) bond motifs is 1. The Labute approximate surface area is 181 Å². The smallest absolute Gasteiger partial charge is 0.308 e. The molecular formula is C24H29NO6. The van der Waals surface area contributed by atoms with Gasteiger partial charge < -0.3 is 19.5 Å². The van der Waals surface area contributed by atoms with Crippen molar-refractivity contribution in [3.8, 4) is 11.5 Å². The van der Waals surface area contributed by atoms with E-state index in [0.29, 0.717) is 48.0 Å². The molecule has 1 aliphatic heterocycles. The predicted octanol–water partition coefficient (Wildman–Crippen LogP) is 2.91. The number of carbonyl (C=O) groups excluding carboxylic acids is 3. The van der Waals surface area contributed by atoms with Gasteiger partial charge in [-0.25, -0.2) is 0 Å². The summed E-state index contributed by atoms with van der Waals surface area (Å²) in [4.78, 5) is 37.3. The summed E-state index contributed by atoms with van der Waals surface area (Å²) >= 11 is 0. The van der Waals surface area contributed by atoms with Crippen LogP contribution in [0.3, 0.4) is 0 Å². The predicted molar refractivity (Wildman–Crippen MR) is 111 cm³/mol. The van der Waals surface area contributed by atoms with E-state index in [1.807, 2.05) is 0 Å². The van der Waals surface area contributed by atoms with Gasteiger partial charge in [0, 0.05) is 17.5 Å². The molecule has 4 bridgehead atoms. The van der Waals surface area contributed by atoms with E-state index in [-0.39, 0.29) is 36.7 Å².